The third-order valence-electron chi connectivity index (χ3n) is 2.73. The van der Waals surface area contributed by atoms with Crippen molar-refractivity contribution in [1.82, 2.24) is 4.98 Å². The Balaban J connectivity index is 2.30. The number of aromatic nitrogens is 1. The monoisotopic (exact) mass is 260 g/mol. The highest BCUT2D eigenvalue weighted by Crippen LogP contribution is 2.27. The number of nitrogens with zero attached hydrogens (tertiary/aromatic N) is 2. The summed E-state index contributed by atoms with van der Waals surface area (Å²) in [7, 11) is 1.97. The molecule has 0 amide bonds. The fourth-order valence-corrected chi connectivity index (χ4v) is 2.50. The van der Waals surface area contributed by atoms with E-state index in [0.717, 1.165) is 28.5 Å². The quantitative estimate of drug-likeness (QED) is 0.656. The second-order valence-electron chi connectivity index (χ2n) is 4.00. The van der Waals surface area contributed by atoms with Gasteiger partial charge in [0.25, 0.3) is 0 Å². The zero-order valence-electron chi connectivity index (χ0n) is 10.5. The first-order valence-corrected chi connectivity index (χ1v) is 6.62. The molecule has 3 N–H and O–H groups in total. The number of rotatable bonds is 4. The number of anilines is 2. The topological polar surface area (TPSA) is 66.0 Å². The van der Waals surface area contributed by atoms with E-state index < -0.39 is 0 Å². The number of nitrogens with two attached hydrogens (primary N) is 1. The van der Waals surface area contributed by atoms with Gasteiger partial charge in [0.15, 0.2) is 5.13 Å². The minimum absolute atomic E-state index is 0.0821. The molecule has 0 aliphatic carbocycles. The maximum atomic E-state index is 7.46. The van der Waals surface area contributed by atoms with Gasteiger partial charge in [-0.1, -0.05) is 19.1 Å². The van der Waals surface area contributed by atoms with Crippen LogP contribution >= 0.6 is 11.3 Å². The summed E-state index contributed by atoms with van der Waals surface area (Å²) in [5.41, 5.74) is 8.31. The van der Waals surface area contributed by atoms with Gasteiger partial charge in [-0.3, -0.25) is 5.41 Å². The van der Waals surface area contributed by atoms with Gasteiger partial charge in [0.2, 0.25) is 0 Å². The third kappa shape index (κ3) is 2.51. The normalized spacial score (nSPS) is 10.3. The van der Waals surface area contributed by atoms with Crippen LogP contribution < -0.4 is 10.6 Å². The Morgan fingerprint density at radius 2 is 2.28 bits per heavy atom. The van der Waals surface area contributed by atoms with Gasteiger partial charge in [0.05, 0.1) is 5.69 Å². The van der Waals surface area contributed by atoms with Crippen LogP contribution in [0.2, 0.25) is 0 Å². The molecular weight excluding hydrogens is 244 g/mol. The number of nitrogen functional groups attached to an aromatic ring is 1. The smallest absolute Gasteiger partial charge is 0.189 e. The average molecular weight is 260 g/mol. The lowest BCUT2D eigenvalue weighted by atomic mass is 10.2. The number of hydrogen-bond donors (Lipinski definition) is 2. The molecule has 2 rings (SSSR count). The second kappa shape index (κ2) is 5.18. The minimum Gasteiger partial charge on any atom is -0.384 e. The zero-order chi connectivity index (χ0) is 13.1. The number of nitrogens with one attached hydrogen (secondary N) is 1. The van der Waals surface area contributed by atoms with Crippen molar-refractivity contribution in [3.8, 4) is 0 Å². The summed E-state index contributed by atoms with van der Waals surface area (Å²) in [6.45, 7) is 2.09. The van der Waals surface area contributed by atoms with Gasteiger partial charge in [0, 0.05) is 23.7 Å². The molecule has 1 aromatic heterocycles. The molecule has 0 bridgehead atoms. The SMILES string of the molecule is CCc1csc(N(C)c2cccc(C(=N)N)c2)n1. The molecule has 18 heavy (non-hydrogen) atoms. The first-order chi connectivity index (χ1) is 8.61. The van der Waals surface area contributed by atoms with Crippen LogP contribution in [-0.2, 0) is 6.42 Å². The fraction of sp³-hybridized carbons (Fsp3) is 0.231. The number of thiazole rings is 1. The predicted octanol–water partition coefficient (Wildman–Crippen LogP) is 2.76. The van der Waals surface area contributed by atoms with Crippen LogP contribution in [0, 0.1) is 5.41 Å². The van der Waals surface area contributed by atoms with E-state index in [1.807, 2.05) is 36.2 Å². The standard InChI is InChI=1S/C13H16N4S/c1-3-10-8-18-13(16-10)17(2)11-6-4-5-9(7-11)12(14)15/h4-8H,3H2,1-2H3,(H3,14,15). The van der Waals surface area contributed by atoms with Gasteiger partial charge in [-0.05, 0) is 18.6 Å². The fourth-order valence-electron chi connectivity index (χ4n) is 1.61. The molecule has 2 aromatic rings. The van der Waals surface area contributed by atoms with E-state index in [4.69, 9.17) is 11.1 Å². The van der Waals surface area contributed by atoms with Crippen LogP contribution in [0.3, 0.4) is 0 Å². The molecule has 5 heteroatoms. The predicted molar refractivity (Wildman–Crippen MR) is 77.0 cm³/mol. The van der Waals surface area contributed by atoms with Crippen LogP contribution in [0.5, 0.6) is 0 Å². The molecule has 0 unspecified atom stereocenters. The molecule has 4 nitrogen and oxygen atoms in total. The lowest BCUT2D eigenvalue weighted by Crippen LogP contribution is -2.13. The summed E-state index contributed by atoms with van der Waals surface area (Å²) < 4.78 is 0. The molecule has 0 spiro atoms. The van der Waals surface area contributed by atoms with Crippen molar-refractivity contribution in [3.05, 3.63) is 40.9 Å². The molecule has 0 saturated heterocycles. The third-order valence-corrected chi connectivity index (χ3v) is 3.70. The highest BCUT2D eigenvalue weighted by Gasteiger charge is 2.09. The number of amidine groups is 1. The lowest BCUT2D eigenvalue weighted by Gasteiger charge is -2.16. The van der Waals surface area contributed by atoms with Crippen molar-refractivity contribution in [2.24, 2.45) is 5.73 Å². The van der Waals surface area contributed by atoms with Gasteiger partial charge in [0.1, 0.15) is 5.84 Å². The molecule has 0 radical (unpaired) electrons. The summed E-state index contributed by atoms with van der Waals surface area (Å²) in [4.78, 5) is 6.55. The zero-order valence-corrected chi connectivity index (χ0v) is 11.3. The largest absolute Gasteiger partial charge is 0.384 e. The summed E-state index contributed by atoms with van der Waals surface area (Å²) in [5, 5.41) is 10.5. The van der Waals surface area contributed by atoms with Gasteiger partial charge >= 0.3 is 0 Å². The van der Waals surface area contributed by atoms with Crippen molar-refractivity contribution < 1.29 is 0 Å². The molecule has 0 atom stereocenters. The van der Waals surface area contributed by atoms with E-state index in [1.165, 1.54) is 0 Å². The van der Waals surface area contributed by atoms with Crippen LogP contribution in [0.4, 0.5) is 10.8 Å². The van der Waals surface area contributed by atoms with E-state index in [1.54, 1.807) is 11.3 Å². The molecule has 0 aliphatic heterocycles. The van der Waals surface area contributed by atoms with Crippen LogP contribution in [-0.4, -0.2) is 17.9 Å². The molecule has 1 heterocycles. The molecular formula is C13H16N4S. The molecule has 94 valence electrons. The van der Waals surface area contributed by atoms with Gasteiger partial charge in [-0.25, -0.2) is 4.98 Å². The second-order valence-corrected chi connectivity index (χ2v) is 4.83. The maximum absolute atomic E-state index is 7.46. The summed E-state index contributed by atoms with van der Waals surface area (Å²) >= 11 is 1.62. The first-order valence-electron chi connectivity index (χ1n) is 5.74. The van der Waals surface area contributed by atoms with E-state index in [0.29, 0.717) is 0 Å². The van der Waals surface area contributed by atoms with Crippen molar-refractivity contribution in [2.45, 2.75) is 13.3 Å². The van der Waals surface area contributed by atoms with E-state index >= 15 is 0 Å². The number of aryl methyl sites for hydroxylation is 1. The highest BCUT2D eigenvalue weighted by molar-refractivity contribution is 7.13. The van der Waals surface area contributed by atoms with Crippen LogP contribution in [0.25, 0.3) is 0 Å². The number of hydrogen-bond acceptors (Lipinski definition) is 4. The van der Waals surface area contributed by atoms with Crippen molar-refractivity contribution in [2.75, 3.05) is 11.9 Å². The summed E-state index contributed by atoms with van der Waals surface area (Å²) in [5.74, 6) is 0.0821. The Labute approximate surface area is 111 Å². The molecule has 1 aromatic carbocycles. The Hall–Kier alpha value is -1.88. The first kappa shape index (κ1) is 12.6. The van der Waals surface area contributed by atoms with Crippen LogP contribution in [0.15, 0.2) is 29.6 Å². The average Bonchev–Trinajstić information content (AvgIpc) is 2.86. The Morgan fingerprint density at radius 3 is 2.89 bits per heavy atom. The Bertz CT molecular complexity index is 562. The van der Waals surface area contributed by atoms with E-state index in [-0.39, 0.29) is 5.84 Å². The molecule has 0 fully saturated rings. The van der Waals surface area contributed by atoms with Crippen molar-refractivity contribution in [3.63, 3.8) is 0 Å². The van der Waals surface area contributed by atoms with Crippen molar-refractivity contribution >= 4 is 28.0 Å². The van der Waals surface area contributed by atoms with Gasteiger partial charge in [-0.2, -0.15) is 0 Å². The summed E-state index contributed by atoms with van der Waals surface area (Å²) in [6.07, 6.45) is 0.942. The van der Waals surface area contributed by atoms with Gasteiger partial charge in [-0.15, -0.1) is 11.3 Å². The van der Waals surface area contributed by atoms with Crippen molar-refractivity contribution in [1.29, 1.82) is 5.41 Å². The highest BCUT2D eigenvalue weighted by atomic mass is 32.1. The molecule has 0 aliphatic rings. The maximum Gasteiger partial charge on any atom is 0.189 e. The lowest BCUT2D eigenvalue weighted by molar-refractivity contribution is 1.04. The van der Waals surface area contributed by atoms with Gasteiger partial charge < -0.3 is 10.6 Å². The van der Waals surface area contributed by atoms with E-state index in [9.17, 15) is 0 Å². The molecule has 0 saturated carbocycles. The van der Waals surface area contributed by atoms with E-state index in [2.05, 4.69) is 17.3 Å². The summed E-state index contributed by atoms with van der Waals surface area (Å²) in [6, 6.07) is 7.62. The number of benzene rings is 1. The van der Waals surface area contributed by atoms with Crippen LogP contribution in [0.1, 0.15) is 18.2 Å². The Kier molecular flexibility index (Phi) is 3.62. The minimum atomic E-state index is 0.0821. The Morgan fingerprint density at radius 1 is 1.50 bits per heavy atom.